The molecule has 0 unspecified atom stereocenters. The van der Waals surface area contributed by atoms with E-state index in [0.717, 1.165) is 34.2 Å². The molecule has 0 amide bonds. The van der Waals surface area contributed by atoms with Gasteiger partial charge in [0, 0.05) is 22.0 Å². The Hall–Kier alpha value is -4.48. The molecule has 0 bridgehead atoms. The van der Waals surface area contributed by atoms with E-state index < -0.39 is 7.12 Å². The van der Waals surface area contributed by atoms with Crippen LogP contribution in [-0.2, 0) is 0 Å². The van der Waals surface area contributed by atoms with Gasteiger partial charge in [0.05, 0.1) is 16.6 Å². The fourth-order valence-electron chi connectivity index (χ4n) is 4.45. The lowest BCUT2D eigenvalue weighted by atomic mass is 9.79. The van der Waals surface area contributed by atoms with Crippen molar-refractivity contribution in [1.82, 2.24) is 9.97 Å². The van der Waals surface area contributed by atoms with Gasteiger partial charge in [-0.05, 0) is 36.3 Å². The summed E-state index contributed by atoms with van der Waals surface area (Å²) in [7, 11) is -1.67. The Morgan fingerprint density at radius 3 is 2.61 bits per heavy atom. The van der Waals surface area contributed by atoms with E-state index in [9.17, 15) is 10.0 Å². The lowest BCUT2D eigenvalue weighted by molar-refractivity contribution is 0.425. The third-order valence-electron chi connectivity index (χ3n) is 6.18. The number of rotatable bonds is 4. The summed E-state index contributed by atoms with van der Waals surface area (Å²) >= 11 is 0. The fourth-order valence-corrected chi connectivity index (χ4v) is 4.45. The van der Waals surface area contributed by atoms with E-state index in [0.29, 0.717) is 27.7 Å². The largest absolute Gasteiger partial charge is 0.492 e. The van der Waals surface area contributed by atoms with Crippen molar-refractivity contribution in [2.45, 2.75) is 6.42 Å². The van der Waals surface area contributed by atoms with Crippen molar-refractivity contribution in [3.8, 4) is 22.6 Å². The Balaban J connectivity index is 1.64. The highest BCUT2D eigenvalue weighted by Crippen LogP contribution is 2.30. The van der Waals surface area contributed by atoms with Crippen molar-refractivity contribution in [3.05, 3.63) is 120 Å². The third kappa shape index (κ3) is 4.00. The number of nitrogens with zero attached hydrogens (tertiary/aromatic N) is 2. The third-order valence-corrected chi connectivity index (χ3v) is 6.18. The van der Waals surface area contributed by atoms with Crippen molar-refractivity contribution < 1.29 is 14.5 Å². The summed E-state index contributed by atoms with van der Waals surface area (Å²) in [6.07, 6.45) is 16.2. The van der Waals surface area contributed by atoms with Crippen LogP contribution in [0.15, 0.2) is 108 Å². The Kier molecular flexibility index (Phi) is 5.68. The first-order valence-electron chi connectivity index (χ1n) is 11.7. The summed E-state index contributed by atoms with van der Waals surface area (Å²) in [5.41, 5.74) is 8.73. The average Bonchev–Trinajstić information content (AvgIpc) is 3.08. The second kappa shape index (κ2) is 9.29. The maximum Gasteiger partial charge on any atom is 0.492 e. The van der Waals surface area contributed by atoms with Crippen LogP contribution in [-0.4, -0.2) is 27.1 Å². The van der Waals surface area contributed by atoms with E-state index >= 15 is 0 Å². The Bertz CT molecular complexity index is 1770. The molecule has 5 nitrogen and oxygen atoms in total. The lowest BCUT2D eigenvalue weighted by Crippen LogP contribution is -2.28. The number of benzene rings is 2. The lowest BCUT2D eigenvalue weighted by Gasteiger charge is -2.10. The van der Waals surface area contributed by atoms with Gasteiger partial charge in [-0.3, -0.25) is 0 Å². The summed E-state index contributed by atoms with van der Waals surface area (Å²) in [5.74, 6) is 0.618. The van der Waals surface area contributed by atoms with Crippen LogP contribution < -0.4 is 10.6 Å². The van der Waals surface area contributed by atoms with E-state index in [-0.39, 0.29) is 5.47 Å². The molecule has 0 spiro atoms. The molecule has 2 aromatic heterocycles. The van der Waals surface area contributed by atoms with Gasteiger partial charge in [-0.15, -0.1) is 5.73 Å². The maximum atomic E-state index is 9.95. The summed E-state index contributed by atoms with van der Waals surface area (Å²) in [6.45, 7) is 0. The van der Waals surface area contributed by atoms with Crippen LogP contribution in [0.4, 0.5) is 0 Å². The average molecular weight is 468 g/mol. The fraction of sp³-hybridized carbons (Fsp3) is 0.0333. The van der Waals surface area contributed by atoms with Gasteiger partial charge >= 0.3 is 7.12 Å². The van der Waals surface area contributed by atoms with Gasteiger partial charge in [-0.25, -0.2) is 9.97 Å². The standard InChI is InChI=1S/C30H21BN2O3/c34-31(35)25-18-9-8-15-23-22-16-10-17-24(28(22)36-29(23)25)27-19-26(20-11-4-1-2-5-12-20)32-30(33-27)21-13-6-3-7-14-21/h1-4,6-14,16-19,34-35H,5H2. The number of furan rings is 1. The zero-order valence-electron chi connectivity index (χ0n) is 19.3. The van der Waals surface area contributed by atoms with Crippen LogP contribution in [0.5, 0.6) is 0 Å². The van der Waals surface area contributed by atoms with Gasteiger partial charge < -0.3 is 14.5 Å². The molecule has 0 aliphatic heterocycles. The van der Waals surface area contributed by atoms with Crippen molar-refractivity contribution in [2.24, 2.45) is 0 Å². The molecule has 2 aromatic carbocycles. The minimum absolute atomic E-state index is 0.281. The highest BCUT2D eigenvalue weighted by atomic mass is 16.4. The second-order valence-corrected chi connectivity index (χ2v) is 8.50. The first kappa shape index (κ1) is 22.0. The van der Waals surface area contributed by atoms with E-state index in [2.05, 4.69) is 24.0 Å². The summed E-state index contributed by atoms with van der Waals surface area (Å²) in [6, 6.07) is 17.7. The smallest absolute Gasteiger partial charge is 0.455 e. The van der Waals surface area contributed by atoms with Gasteiger partial charge in [0.2, 0.25) is 0 Å². The van der Waals surface area contributed by atoms with Gasteiger partial charge in [-0.2, -0.15) is 0 Å². The van der Waals surface area contributed by atoms with Gasteiger partial charge in [0.15, 0.2) is 5.82 Å². The second-order valence-electron chi connectivity index (χ2n) is 8.50. The molecule has 172 valence electrons. The van der Waals surface area contributed by atoms with E-state index in [1.165, 1.54) is 0 Å². The predicted molar refractivity (Wildman–Crippen MR) is 144 cm³/mol. The Morgan fingerprint density at radius 2 is 1.75 bits per heavy atom. The summed E-state index contributed by atoms with van der Waals surface area (Å²) in [4.78, 5) is 9.84. The molecule has 0 radical (unpaired) electrons. The number of fused-ring (bicyclic) bond motifs is 3. The van der Waals surface area contributed by atoms with E-state index in [1.54, 1.807) is 18.2 Å². The summed E-state index contributed by atoms with van der Waals surface area (Å²) < 4.78 is 6.29. The van der Waals surface area contributed by atoms with Crippen LogP contribution in [0, 0.1) is 0 Å². The minimum Gasteiger partial charge on any atom is -0.455 e. The number of hydrogen-bond donors (Lipinski definition) is 2. The Labute approximate surface area is 207 Å². The van der Waals surface area contributed by atoms with Crippen molar-refractivity contribution in [2.75, 3.05) is 0 Å². The number of hydrogen-bond acceptors (Lipinski definition) is 5. The topological polar surface area (TPSA) is 79.4 Å². The highest BCUT2D eigenvalue weighted by Gasteiger charge is 2.20. The molecule has 2 heterocycles. The molecule has 0 saturated heterocycles. The monoisotopic (exact) mass is 468 g/mol. The van der Waals surface area contributed by atoms with Gasteiger partial charge in [-0.1, -0.05) is 78.9 Å². The first-order valence-corrected chi connectivity index (χ1v) is 11.7. The van der Waals surface area contributed by atoms with Crippen molar-refractivity contribution >= 4 is 34.9 Å². The van der Waals surface area contributed by atoms with Crippen LogP contribution in [0.1, 0.15) is 12.1 Å². The Morgan fingerprint density at radius 1 is 0.889 bits per heavy atom. The van der Waals surface area contributed by atoms with Gasteiger partial charge in [0.25, 0.3) is 0 Å². The zero-order valence-corrected chi connectivity index (χ0v) is 19.3. The van der Waals surface area contributed by atoms with Crippen molar-refractivity contribution in [1.29, 1.82) is 0 Å². The maximum absolute atomic E-state index is 9.95. The molecule has 2 aliphatic carbocycles. The van der Waals surface area contributed by atoms with Crippen LogP contribution in [0.25, 0.3) is 50.4 Å². The van der Waals surface area contributed by atoms with Gasteiger partial charge in [0.1, 0.15) is 11.0 Å². The minimum atomic E-state index is -1.67. The molecule has 6 heteroatoms. The van der Waals surface area contributed by atoms with Crippen LogP contribution in [0.3, 0.4) is 0 Å². The molecule has 4 aromatic rings. The molecule has 0 fully saturated rings. The molecule has 0 atom stereocenters. The highest BCUT2D eigenvalue weighted by molar-refractivity contribution is 6.64. The van der Waals surface area contributed by atoms with E-state index in [4.69, 9.17) is 14.4 Å². The van der Waals surface area contributed by atoms with Crippen LogP contribution in [0.2, 0.25) is 0 Å². The molecule has 0 saturated carbocycles. The molecule has 2 aliphatic rings. The van der Waals surface area contributed by atoms with Crippen molar-refractivity contribution in [3.63, 3.8) is 0 Å². The first-order chi connectivity index (χ1) is 17.7. The number of para-hydroxylation sites is 1. The molecule has 6 rings (SSSR count). The number of aromatic nitrogens is 2. The predicted octanol–water partition coefficient (Wildman–Crippen LogP) is 4.12. The number of allylic oxidation sites excluding steroid dienone is 9. The SMILES string of the molecule is OB(O)C1=c2oc3c(-c4cc(C5=CCC=CC=C5)nc(-c5ccccc5)n4)cccc3c2=C=CC=C1. The molecule has 2 N–H and O–H groups in total. The zero-order chi connectivity index (χ0) is 24.5. The normalized spacial score (nSPS) is 14.3. The molecular weight excluding hydrogens is 447 g/mol. The molecular formula is C30H21BN2O3. The van der Waals surface area contributed by atoms with E-state index in [1.807, 2.05) is 66.7 Å². The molecule has 36 heavy (non-hydrogen) atoms. The quantitative estimate of drug-likeness (QED) is 0.441. The summed E-state index contributed by atoms with van der Waals surface area (Å²) in [5, 5.41) is 21.4. The van der Waals surface area contributed by atoms with Crippen LogP contribution >= 0.6 is 0 Å².